The molecule has 0 unspecified atom stereocenters. The Bertz CT molecular complexity index is 1400. The number of alkyl halides is 3. The summed E-state index contributed by atoms with van der Waals surface area (Å²) in [5.41, 5.74) is 5.28. The minimum Gasteiger partial charge on any atom is -0.486 e. The summed E-state index contributed by atoms with van der Waals surface area (Å²) in [6, 6.07) is 19.0. The van der Waals surface area contributed by atoms with E-state index in [0.29, 0.717) is 22.0 Å². The molecule has 0 aliphatic carbocycles. The summed E-state index contributed by atoms with van der Waals surface area (Å²) in [5, 5.41) is 3.45. The number of carbonyl (C=O) groups is 1. The zero-order valence-electron chi connectivity index (χ0n) is 21.2. The average Bonchev–Trinajstić information content (AvgIpc) is 3.28. The smallest absolute Gasteiger partial charge is 0.486 e. The Balaban J connectivity index is 1.63. The van der Waals surface area contributed by atoms with Gasteiger partial charge in [-0.15, -0.1) is 24.5 Å². The molecule has 3 aromatic carbocycles. The Morgan fingerprint density at radius 3 is 2.24 bits per heavy atom. The molecule has 0 fully saturated rings. The first-order chi connectivity index (χ1) is 18.1. The molecule has 0 aliphatic heterocycles. The average molecular weight is 541 g/mol. The number of benzene rings is 3. The van der Waals surface area contributed by atoms with Gasteiger partial charge in [0.2, 0.25) is 5.91 Å². The van der Waals surface area contributed by atoms with Crippen molar-refractivity contribution in [1.82, 2.24) is 4.98 Å². The highest BCUT2D eigenvalue weighted by Gasteiger charge is 2.31. The Labute approximate surface area is 223 Å². The van der Waals surface area contributed by atoms with Crippen molar-refractivity contribution in [2.24, 2.45) is 0 Å². The normalized spacial score (nSPS) is 11.3. The van der Waals surface area contributed by atoms with Crippen molar-refractivity contribution in [3.05, 3.63) is 82.9 Å². The van der Waals surface area contributed by atoms with E-state index in [9.17, 15) is 18.0 Å². The van der Waals surface area contributed by atoms with E-state index < -0.39 is 6.36 Å². The Morgan fingerprint density at radius 1 is 0.974 bits per heavy atom. The fraction of sp³-hybridized carbons (Fsp3) is 0.241. The predicted octanol–water partition coefficient (Wildman–Crippen LogP) is 8.17. The number of nitrogens with zero attached hydrogens (tertiary/aromatic N) is 1. The van der Waals surface area contributed by atoms with Crippen LogP contribution in [0.4, 0.5) is 18.9 Å². The molecule has 0 saturated heterocycles. The molecule has 38 heavy (non-hydrogen) atoms. The molecule has 0 aliphatic rings. The fourth-order valence-corrected chi connectivity index (χ4v) is 5.00. The summed E-state index contributed by atoms with van der Waals surface area (Å²) in [5.74, 6) is 0.275. The number of amides is 1. The molecular formula is C29H27F3N2O3S. The summed E-state index contributed by atoms with van der Waals surface area (Å²) in [4.78, 5) is 17.0. The van der Waals surface area contributed by atoms with Gasteiger partial charge in [0.15, 0.2) is 0 Å². The maximum absolute atomic E-state index is 12.6. The van der Waals surface area contributed by atoms with E-state index in [1.165, 1.54) is 41.5 Å². The van der Waals surface area contributed by atoms with Crippen molar-refractivity contribution in [1.29, 1.82) is 0 Å². The topological polar surface area (TPSA) is 60.5 Å². The first-order valence-corrected chi connectivity index (χ1v) is 12.9. The number of aromatic nitrogens is 1. The van der Waals surface area contributed by atoms with Gasteiger partial charge in [0.1, 0.15) is 23.1 Å². The molecule has 1 amide bonds. The van der Waals surface area contributed by atoms with Crippen LogP contribution in [0.1, 0.15) is 36.4 Å². The standard InChI is InChI=1S/C29H27F3N2O3S/c1-4-5-20-8-15-25(16-18(20)2)36-17-26-34-27(21-6-11-23(12-7-21)33-19(3)35)28(38-26)22-9-13-24(14-10-22)37-29(30,31)32/h6-16H,4-5,17H2,1-3H3,(H,33,35). The van der Waals surface area contributed by atoms with Gasteiger partial charge >= 0.3 is 6.36 Å². The van der Waals surface area contributed by atoms with Crippen LogP contribution in [0.25, 0.3) is 21.7 Å². The van der Waals surface area contributed by atoms with Crippen LogP contribution in [-0.2, 0) is 17.8 Å². The highest BCUT2D eigenvalue weighted by molar-refractivity contribution is 7.15. The van der Waals surface area contributed by atoms with Crippen LogP contribution >= 0.6 is 11.3 Å². The Hall–Kier alpha value is -3.85. The van der Waals surface area contributed by atoms with E-state index in [1.807, 2.05) is 24.3 Å². The minimum absolute atomic E-state index is 0.175. The second kappa shape index (κ2) is 11.7. The van der Waals surface area contributed by atoms with Gasteiger partial charge in [0.25, 0.3) is 0 Å². The number of aryl methyl sites for hydroxylation is 2. The maximum atomic E-state index is 12.6. The number of carbonyl (C=O) groups excluding carboxylic acids is 1. The monoisotopic (exact) mass is 540 g/mol. The SMILES string of the molecule is CCCc1ccc(OCc2nc(-c3ccc(NC(C)=O)cc3)c(-c3ccc(OC(F)(F)F)cc3)s2)cc1C. The molecule has 5 nitrogen and oxygen atoms in total. The first kappa shape index (κ1) is 27.2. The van der Waals surface area contributed by atoms with Crippen LogP contribution in [0.5, 0.6) is 11.5 Å². The molecule has 0 atom stereocenters. The molecule has 4 rings (SSSR count). The second-order valence-corrected chi connectivity index (χ2v) is 9.83. The van der Waals surface area contributed by atoms with Crippen LogP contribution in [0.15, 0.2) is 66.7 Å². The third kappa shape index (κ3) is 7.13. The summed E-state index contributed by atoms with van der Waals surface area (Å²) in [6.07, 6.45) is -2.68. The quantitative estimate of drug-likeness (QED) is 0.233. The third-order valence-electron chi connectivity index (χ3n) is 5.70. The summed E-state index contributed by atoms with van der Waals surface area (Å²) in [7, 11) is 0. The lowest BCUT2D eigenvalue weighted by Crippen LogP contribution is -2.16. The molecule has 1 aromatic heterocycles. The van der Waals surface area contributed by atoms with Crippen LogP contribution in [-0.4, -0.2) is 17.3 Å². The first-order valence-electron chi connectivity index (χ1n) is 12.1. The molecule has 0 bridgehead atoms. The van der Waals surface area contributed by atoms with Gasteiger partial charge in [-0.1, -0.05) is 31.5 Å². The van der Waals surface area contributed by atoms with Crippen LogP contribution in [0.3, 0.4) is 0 Å². The maximum Gasteiger partial charge on any atom is 0.573 e. The molecule has 0 radical (unpaired) electrons. The number of halogens is 3. The summed E-state index contributed by atoms with van der Waals surface area (Å²) >= 11 is 1.41. The van der Waals surface area contributed by atoms with Gasteiger partial charge in [0.05, 0.1) is 10.6 Å². The van der Waals surface area contributed by atoms with Crippen molar-refractivity contribution < 1.29 is 27.4 Å². The van der Waals surface area contributed by atoms with Crippen molar-refractivity contribution in [3.8, 4) is 33.2 Å². The number of anilines is 1. The highest BCUT2D eigenvalue weighted by atomic mass is 32.1. The van der Waals surface area contributed by atoms with Gasteiger partial charge in [0, 0.05) is 18.2 Å². The predicted molar refractivity (Wildman–Crippen MR) is 143 cm³/mol. The molecule has 9 heteroatoms. The minimum atomic E-state index is -4.76. The van der Waals surface area contributed by atoms with Crippen molar-refractivity contribution in [2.75, 3.05) is 5.32 Å². The van der Waals surface area contributed by atoms with E-state index in [0.717, 1.165) is 29.0 Å². The second-order valence-electron chi connectivity index (χ2n) is 8.74. The third-order valence-corrected chi connectivity index (χ3v) is 6.77. The lowest BCUT2D eigenvalue weighted by Gasteiger charge is -2.09. The van der Waals surface area contributed by atoms with Crippen molar-refractivity contribution in [3.63, 3.8) is 0 Å². The number of nitrogens with one attached hydrogen (secondary N) is 1. The van der Waals surface area contributed by atoms with Gasteiger partial charge in [-0.2, -0.15) is 0 Å². The van der Waals surface area contributed by atoms with Gasteiger partial charge in [-0.25, -0.2) is 4.98 Å². The number of hydrogen-bond acceptors (Lipinski definition) is 5. The van der Waals surface area contributed by atoms with Gasteiger partial charge < -0.3 is 14.8 Å². The molecule has 0 spiro atoms. The number of hydrogen-bond donors (Lipinski definition) is 1. The lowest BCUT2D eigenvalue weighted by atomic mass is 10.0. The van der Waals surface area contributed by atoms with Crippen LogP contribution in [0.2, 0.25) is 0 Å². The zero-order valence-corrected chi connectivity index (χ0v) is 22.0. The van der Waals surface area contributed by atoms with Crippen molar-refractivity contribution in [2.45, 2.75) is 46.6 Å². The summed E-state index contributed by atoms with van der Waals surface area (Å²) < 4.78 is 47.9. The van der Waals surface area contributed by atoms with E-state index >= 15 is 0 Å². The Kier molecular flexibility index (Phi) is 8.36. The largest absolute Gasteiger partial charge is 0.573 e. The Morgan fingerprint density at radius 2 is 1.63 bits per heavy atom. The number of ether oxygens (including phenoxy) is 2. The van der Waals surface area contributed by atoms with E-state index in [2.05, 4.69) is 30.0 Å². The van der Waals surface area contributed by atoms with Gasteiger partial charge in [-0.3, -0.25) is 4.79 Å². The van der Waals surface area contributed by atoms with Gasteiger partial charge in [-0.05, 0) is 78.6 Å². The van der Waals surface area contributed by atoms with Crippen LogP contribution in [0, 0.1) is 6.92 Å². The zero-order chi connectivity index (χ0) is 27.3. The molecule has 1 N–H and O–H groups in total. The number of thiazole rings is 1. The van der Waals surface area contributed by atoms with Crippen LogP contribution < -0.4 is 14.8 Å². The van der Waals surface area contributed by atoms with E-state index in [4.69, 9.17) is 9.72 Å². The molecule has 1 heterocycles. The molecular weight excluding hydrogens is 513 g/mol. The van der Waals surface area contributed by atoms with E-state index in [-0.39, 0.29) is 18.3 Å². The number of rotatable bonds is 9. The highest BCUT2D eigenvalue weighted by Crippen LogP contribution is 2.38. The van der Waals surface area contributed by atoms with Crippen molar-refractivity contribution >= 4 is 22.9 Å². The molecule has 198 valence electrons. The van der Waals surface area contributed by atoms with E-state index in [1.54, 1.807) is 24.3 Å². The lowest BCUT2D eigenvalue weighted by molar-refractivity contribution is -0.274. The fourth-order valence-electron chi connectivity index (χ4n) is 3.99. The summed E-state index contributed by atoms with van der Waals surface area (Å²) in [6.45, 7) is 5.88. The molecule has 4 aromatic rings. The molecule has 0 saturated carbocycles.